The van der Waals surface area contributed by atoms with E-state index in [1.54, 1.807) is 30.1 Å². The average Bonchev–Trinajstić information content (AvgIpc) is 2.85. The van der Waals surface area contributed by atoms with E-state index in [9.17, 15) is 0 Å². The number of methoxy groups -OCH3 is 1. The molecular formula is C26H40O2SiTi. The van der Waals surface area contributed by atoms with E-state index < -0.39 is 0 Å². The van der Waals surface area contributed by atoms with Gasteiger partial charge in [-0.3, -0.25) is 0 Å². The van der Waals surface area contributed by atoms with Gasteiger partial charge >= 0.3 is 92.4 Å². The second-order valence-electron chi connectivity index (χ2n) is 9.19. The summed E-state index contributed by atoms with van der Waals surface area (Å²) in [6, 6.07) is 7.52. The number of allylic oxidation sites excluding steroid dienone is 6. The molecular weight excluding hydrogens is 420 g/mol. The molecule has 0 saturated carbocycles. The van der Waals surface area contributed by atoms with Gasteiger partial charge in [0.05, 0.1) is 13.4 Å². The predicted octanol–water partition coefficient (Wildman–Crippen LogP) is 7.50. The van der Waals surface area contributed by atoms with Crippen molar-refractivity contribution in [2.75, 3.05) is 7.11 Å². The van der Waals surface area contributed by atoms with E-state index in [1.807, 2.05) is 34.2 Å². The molecule has 1 aliphatic rings. The number of hydrogen-bond acceptors (Lipinski definition) is 2. The fourth-order valence-corrected chi connectivity index (χ4v) is 10.1. The first kappa shape index (κ1) is 26.7. The van der Waals surface area contributed by atoms with Crippen molar-refractivity contribution in [3.63, 3.8) is 0 Å². The minimum absolute atomic E-state index is 0.0284. The third kappa shape index (κ3) is 7.76. The fraction of sp³-hybridized carbons (Fsp3) is 0.462. The number of benzene rings is 1. The first-order valence-electron chi connectivity index (χ1n) is 10.7. The van der Waals surface area contributed by atoms with Gasteiger partial charge in [-0.1, -0.05) is 39.5 Å². The molecule has 0 radical (unpaired) electrons. The van der Waals surface area contributed by atoms with Gasteiger partial charge in [0.2, 0.25) is 0 Å². The summed E-state index contributed by atoms with van der Waals surface area (Å²) in [6.45, 7) is 24.2. The van der Waals surface area contributed by atoms with Crippen molar-refractivity contribution >= 4 is 6.66 Å². The summed E-state index contributed by atoms with van der Waals surface area (Å²) in [4.78, 5) is 0. The molecule has 0 spiro atoms. The SMILES string of the molecule is C=CC(=COc1cccc(OC)c1)C(C)(C)C.CC1=C(C)C(C)[C]([Ti][SiH](C)C)=C1C. The molecule has 1 aromatic rings. The van der Waals surface area contributed by atoms with Crippen LogP contribution in [0.1, 0.15) is 48.5 Å². The zero-order valence-corrected chi connectivity index (χ0v) is 23.4. The van der Waals surface area contributed by atoms with Crippen molar-refractivity contribution in [1.82, 2.24) is 0 Å². The van der Waals surface area contributed by atoms with Gasteiger partial charge in [0.15, 0.2) is 0 Å². The molecule has 1 unspecified atom stereocenters. The minimum atomic E-state index is -0.315. The second-order valence-corrected chi connectivity index (χ2v) is 19.4. The Kier molecular flexibility index (Phi) is 10.6. The van der Waals surface area contributed by atoms with Gasteiger partial charge in [0.25, 0.3) is 0 Å². The van der Waals surface area contributed by atoms with Crippen LogP contribution in [-0.4, -0.2) is 13.8 Å². The standard InChI is InChI=1S/C15H20O2.C9H13.C2H7Si.Ti/c1-6-12(15(2,3)4)11-17-14-9-7-8-13(10-14)16-5;1-6-5-7(2)9(4)8(6)3;1-3-2;/h6-11H,1H2,2-5H3;6H,1-4H3;3H,1-2H3;. The molecule has 2 nitrogen and oxygen atoms in total. The van der Waals surface area contributed by atoms with Crippen LogP contribution in [0.4, 0.5) is 0 Å². The first-order valence-corrected chi connectivity index (χ1v) is 17.1. The van der Waals surface area contributed by atoms with Gasteiger partial charge < -0.3 is 9.47 Å². The average molecular weight is 461 g/mol. The molecule has 0 fully saturated rings. The topological polar surface area (TPSA) is 18.5 Å². The predicted molar refractivity (Wildman–Crippen MR) is 130 cm³/mol. The normalized spacial score (nSPS) is 17.0. The molecule has 4 heteroatoms. The van der Waals surface area contributed by atoms with Crippen LogP contribution in [0.5, 0.6) is 11.5 Å². The van der Waals surface area contributed by atoms with Gasteiger partial charge in [-0.05, 0) is 23.1 Å². The Labute approximate surface area is 194 Å². The van der Waals surface area contributed by atoms with Crippen LogP contribution in [0.3, 0.4) is 0 Å². The van der Waals surface area contributed by atoms with Crippen molar-refractivity contribution in [1.29, 1.82) is 0 Å². The van der Waals surface area contributed by atoms with Crippen molar-refractivity contribution in [3.8, 4) is 11.5 Å². The Morgan fingerprint density at radius 2 is 1.70 bits per heavy atom. The molecule has 0 saturated heterocycles. The van der Waals surface area contributed by atoms with E-state index in [-0.39, 0.29) is 30.5 Å². The third-order valence-electron chi connectivity index (χ3n) is 5.53. The first-order chi connectivity index (χ1) is 13.9. The van der Waals surface area contributed by atoms with Crippen molar-refractivity contribution < 1.29 is 27.9 Å². The van der Waals surface area contributed by atoms with Crippen molar-refractivity contribution in [2.24, 2.45) is 11.3 Å². The van der Waals surface area contributed by atoms with Gasteiger partial charge in [0, 0.05) is 6.07 Å². The van der Waals surface area contributed by atoms with Crippen LogP contribution in [-0.2, 0) is 18.4 Å². The summed E-state index contributed by atoms with van der Waals surface area (Å²) in [6.07, 6.45) is 3.56. The molecule has 2 rings (SSSR count). The Morgan fingerprint density at radius 1 is 1.10 bits per heavy atom. The van der Waals surface area contributed by atoms with Crippen LogP contribution in [0.25, 0.3) is 0 Å². The fourth-order valence-electron chi connectivity index (χ4n) is 3.25. The zero-order chi connectivity index (χ0) is 23.1. The molecule has 0 heterocycles. The van der Waals surface area contributed by atoms with Crippen LogP contribution in [0.2, 0.25) is 13.1 Å². The number of ether oxygens (including phenoxy) is 2. The summed E-state index contributed by atoms with van der Waals surface area (Å²) in [5.74, 6) is 2.33. The molecule has 0 bridgehead atoms. The van der Waals surface area contributed by atoms with E-state index in [2.05, 4.69) is 68.1 Å². The maximum atomic E-state index is 5.61. The van der Waals surface area contributed by atoms with Crippen molar-refractivity contribution in [3.05, 3.63) is 69.4 Å². The van der Waals surface area contributed by atoms with Gasteiger partial charge in [-0.15, -0.1) is 0 Å². The van der Waals surface area contributed by atoms with Gasteiger partial charge in [-0.2, -0.15) is 0 Å². The summed E-state index contributed by atoms with van der Waals surface area (Å²) in [5.41, 5.74) is 5.94. The second kappa shape index (κ2) is 11.9. The van der Waals surface area contributed by atoms with Crippen molar-refractivity contribution in [2.45, 2.75) is 61.6 Å². The Morgan fingerprint density at radius 3 is 2.13 bits per heavy atom. The van der Waals surface area contributed by atoms with E-state index in [1.165, 1.54) is 0 Å². The molecule has 0 amide bonds. The summed E-state index contributed by atoms with van der Waals surface area (Å²) < 4.78 is 12.6. The van der Waals surface area contributed by atoms with E-state index in [0.717, 1.165) is 23.0 Å². The van der Waals surface area contributed by atoms with E-state index >= 15 is 0 Å². The van der Waals surface area contributed by atoms with Crippen LogP contribution in [0.15, 0.2) is 69.4 Å². The van der Waals surface area contributed by atoms with Crippen LogP contribution < -0.4 is 9.47 Å². The summed E-state index contributed by atoms with van der Waals surface area (Å²) >= 11 is 0.267. The van der Waals surface area contributed by atoms with Crippen LogP contribution in [0, 0.1) is 11.3 Å². The van der Waals surface area contributed by atoms with Crippen LogP contribution >= 0.6 is 0 Å². The molecule has 1 aromatic carbocycles. The quantitative estimate of drug-likeness (QED) is 0.249. The molecule has 0 N–H and O–H groups in total. The third-order valence-corrected chi connectivity index (χ3v) is 11.8. The van der Waals surface area contributed by atoms with Gasteiger partial charge in [0.1, 0.15) is 11.5 Å². The van der Waals surface area contributed by atoms with Gasteiger partial charge in [-0.25, -0.2) is 0 Å². The molecule has 30 heavy (non-hydrogen) atoms. The molecule has 164 valence electrons. The Bertz CT molecular complexity index is 826. The summed E-state index contributed by atoms with van der Waals surface area (Å²) in [5, 5.41) is 0. The number of rotatable bonds is 6. The zero-order valence-electron chi connectivity index (χ0n) is 20.6. The Balaban J connectivity index is 0.000000311. The molecule has 0 aliphatic heterocycles. The van der Waals surface area contributed by atoms with E-state index in [4.69, 9.17) is 9.47 Å². The molecule has 1 aliphatic carbocycles. The summed E-state index contributed by atoms with van der Waals surface area (Å²) in [7, 11) is 1.64. The Hall–Kier alpha value is -1.29. The molecule has 0 aromatic heterocycles. The monoisotopic (exact) mass is 460 g/mol. The maximum absolute atomic E-state index is 5.61. The van der Waals surface area contributed by atoms with E-state index in [0.29, 0.717) is 0 Å². The molecule has 1 atom stereocenters. The number of hydrogen-bond donors (Lipinski definition) is 0.